The lowest BCUT2D eigenvalue weighted by Gasteiger charge is -2.10. The number of phenols is 1. The first-order valence-corrected chi connectivity index (χ1v) is 9.84. The van der Waals surface area contributed by atoms with Crippen LogP contribution in [0.4, 0.5) is 0 Å². The van der Waals surface area contributed by atoms with E-state index in [9.17, 15) is 9.90 Å². The molecule has 0 aliphatic carbocycles. The van der Waals surface area contributed by atoms with Gasteiger partial charge in [-0.25, -0.2) is 4.98 Å². The van der Waals surface area contributed by atoms with E-state index in [0.717, 1.165) is 33.7 Å². The van der Waals surface area contributed by atoms with E-state index in [0.29, 0.717) is 12.4 Å². The number of fused-ring (bicyclic) bond motifs is 1. The number of rotatable bonds is 5. The Morgan fingerprint density at radius 1 is 0.968 bits per heavy atom. The summed E-state index contributed by atoms with van der Waals surface area (Å²) in [7, 11) is 0. The first-order chi connectivity index (χ1) is 15.2. The number of pyridine rings is 1. The summed E-state index contributed by atoms with van der Waals surface area (Å²) >= 11 is 0. The van der Waals surface area contributed by atoms with Crippen molar-refractivity contribution in [2.24, 2.45) is 0 Å². The molecule has 0 fully saturated rings. The van der Waals surface area contributed by atoms with Crippen LogP contribution in [-0.2, 0) is 6.61 Å². The molecule has 0 unspecified atom stereocenters. The first-order valence-electron chi connectivity index (χ1n) is 9.84. The number of aromatic hydroxyl groups is 1. The smallest absolute Gasteiger partial charge is 0.223 e. The Labute approximate surface area is 178 Å². The lowest BCUT2D eigenvalue weighted by atomic mass is 10.2. The Bertz CT molecular complexity index is 1400. The van der Waals surface area contributed by atoms with Crippen molar-refractivity contribution in [3.05, 3.63) is 107 Å². The molecule has 3 aromatic carbocycles. The molecule has 0 aliphatic rings. The molecular formula is C25H19N3O3. The average Bonchev–Trinajstić information content (AvgIpc) is 3.23. The van der Waals surface area contributed by atoms with E-state index in [1.54, 1.807) is 24.5 Å². The van der Waals surface area contributed by atoms with Crippen LogP contribution in [0.2, 0.25) is 0 Å². The highest BCUT2D eigenvalue weighted by atomic mass is 16.5. The molecule has 2 N–H and O–H groups in total. The van der Waals surface area contributed by atoms with Crippen molar-refractivity contribution in [2.45, 2.75) is 6.61 Å². The Balaban J connectivity index is 1.44. The molecular weight excluding hydrogens is 390 g/mol. The molecule has 6 nitrogen and oxygen atoms in total. The van der Waals surface area contributed by atoms with Crippen molar-refractivity contribution in [3.63, 3.8) is 0 Å². The molecule has 31 heavy (non-hydrogen) atoms. The number of H-pyrrole nitrogens is 1. The number of hydrogen-bond acceptors (Lipinski definition) is 4. The standard InChI is InChI=1S/C25H19N3O3/c29-20-9-6-18(7-10-20)25-26-21-11-8-19(14-22(21)27-25)28-13-12-23(30)24(15-28)31-16-17-4-2-1-3-5-17/h1-15,29H,16H2,(H,26,27). The molecule has 2 heterocycles. The largest absolute Gasteiger partial charge is 0.508 e. The van der Waals surface area contributed by atoms with E-state index in [4.69, 9.17) is 4.74 Å². The predicted octanol–water partition coefficient (Wildman–Crippen LogP) is 4.67. The van der Waals surface area contributed by atoms with Gasteiger partial charge in [0.2, 0.25) is 5.43 Å². The third-order valence-corrected chi connectivity index (χ3v) is 5.03. The summed E-state index contributed by atoms with van der Waals surface area (Å²) in [5.74, 6) is 1.22. The van der Waals surface area contributed by atoms with Crippen LogP contribution in [0.3, 0.4) is 0 Å². The zero-order chi connectivity index (χ0) is 21.2. The highest BCUT2D eigenvalue weighted by Gasteiger charge is 2.08. The van der Waals surface area contributed by atoms with E-state index in [1.165, 1.54) is 6.07 Å². The van der Waals surface area contributed by atoms with Crippen LogP contribution in [0.25, 0.3) is 28.1 Å². The van der Waals surface area contributed by atoms with Crippen LogP contribution in [0.15, 0.2) is 96.1 Å². The van der Waals surface area contributed by atoms with Gasteiger partial charge in [-0.15, -0.1) is 0 Å². The number of phenolic OH excluding ortho intramolecular Hbond substituents is 1. The van der Waals surface area contributed by atoms with Gasteiger partial charge in [0.05, 0.1) is 17.2 Å². The fourth-order valence-corrected chi connectivity index (χ4v) is 3.38. The molecule has 0 radical (unpaired) electrons. The second-order valence-electron chi connectivity index (χ2n) is 7.19. The van der Waals surface area contributed by atoms with Gasteiger partial charge in [0.1, 0.15) is 18.2 Å². The van der Waals surface area contributed by atoms with Crippen molar-refractivity contribution in [3.8, 4) is 28.6 Å². The summed E-state index contributed by atoms with van der Waals surface area (Å²) in [4.78, 5) is 20.2. The van der Waals surface area contributed by atoms with Crippen molar-refractivity contribution in [2.75, 3.05) is 0 Å². The number of nitrogens with zero attached hydrogens (tertiary/aromatic N) is 2. The summed E-state index contributed by atoms with van der Waals surface area (Å²) in [6.07, 6.45) is 3.41. The molecule has 5 aromatic rings. The molecule has 0 bridgehead atoms. The average molecular weight is 409 g/mol. The third-order valence-electron chi connectivity index (χ3n) is 5.03. The van der Waals surface area contributed by atoms with Crippen LogP contribution in [0.1, 0.15) is 5.56 Å². The fraction of sp³-hybridized carbons (Fsp3) is 0.0400. The molecule has 0 spiro atoms. The molecule has 5 rings (SSSR count). The topological polar surface area (TPSA) is 80.1 Å². The second-order valence-corrected chi connectivity index (χ2v) is 7.19. The lowest BCUT2D eigenvalue weighted by Crippen LogP contribution is -2.10. The minimum Gasteiger partial charge on any atom is -0.508 e. The van der Waals surface area contributed by atoms with Gasteiger partial charge in [0, 0.05) is 23.5 Å². The molecule has 152 valence electrons. The highest BCUT2D eigenvalue weighted by molar-refractivity contribution is 5.81. The molecule has 0 saturated carbocycles. The summed E-state index contributed by atoms with van der Waals surface area (Å²) in [5.41, 5.74) is 4.27. The maximum atomic E-state index is 12.2. The number of benzene rings is 3. The van der Waals surface area contributed by atoms with Gasteiger partial charge in [-0.3, -0.25) is 4.79 Å². The normalized spacial score (nSPS) is 11.0. The lowest BCUT2D eigenvalue weighted by molar-refractivity contribution is 0.301. The van der Waals surface area contributed by atoms with Gasteiger partial charge >= 0.3 is 0 Å². The molecule has 2 aromatic heterocycles. The highest BCUT2D eigenvalue weighted by Crippen LogP contribution is 2.24. The van der Waals surface area contributed by atoms with E-state index in [-0.39, 0.29) is 11.2 Å². The quantitative estimate of drug-likeness (QED) is 0.442. The maximum Gasteiger partial charge on any atom is 0.223 e. The summed E-state index contributed by atoms with van der Waals surface area (Å²) in [5, 5.41) is 9.48. The van der Waals surface area contributed by atoms with Crippen LogP contribution in [-0.4, -0.2) is 19.6 Å². The van der Waals surface area contributed by atoms with Crippen LogP contribution in [0.5, 0.6) is 11.5 Å². The Hall–Kier alpha value is -4.32. The number of hydrogen-bond donors (Lipinski definition) is 2. The molecule has 0 amide bonds. The van der Waals surface area contributed by atoms with E-state index < -0.39 is 0 Å². The Morgan fingerprint density at radius 2 is 1.77 bits per heavy atom. The van der Waals surface area contributed by atoms with Gasteiger partial charge in [0.15, 0.2) is 5.75 Å². The minimum atomic E-state index is -0.164. The third kappa shape index (κ3) is 3.91. The van der Waals surface area contributed by atoms with Gasteiger partial charge in [-0.1, -0.05) is 30.3 Å². The molecule has 0 atom stereocenters. The zero-order valence-electron chi connectivity index (χ0n) is 16.5. The number of aromatic amines is 1. The number of aromatic nitrogens is 3. The molecule has 0 aliphatic heterocycles. The number of nitrogens with one attached hydrogen (secondary N) is 1. The number of imidazole rings is 1. The maximum absolute atomic E-state index is 12.2. The zero-order valence-corrected chi connectivity index (χ0v) is 16.5. The van der Waals surface area contributed by atoms with Gasteiger partial charge in [0.25, 0.3) is 0 Å². The van der Waals surface area contributed by atoms with E-state index in [2.05, 4.69) is 9.97 Å². The monoisotopic (exact) mass is 409 g/mol. The SMILES string of the molecule is O=c1ccn(-c2ccc3[nH]c(-c4ccc(O)cc4)nc3c2)cc1OCc1ccccc1. The van der Waals surface area contributed by atoms with Gasteiger partial charge in [-0.2, -0.15) is 0 Å². The second kappa shape index (κ2) is 7.84. The molecule has 6 heteroatoms. The van der Waals surface area contributed by atoms with Crippen molar-refractivity contribution < 1.29 is 9.84 Å². The van der Waals surface area contributed by atoms with Crippen LogP contribution in [0, 0.1) is 0 Å². The minimum absolute atomic E-state index is 0.164. The van der Waals surface area contributed by atoms with Crippen molar-refractivity contribution in [1.29, 1.82) is 0 Å². The van der Waals surface area contributed by atoms with E-state index in [1.807, 2.05) is 65.2 Å². The van der Waals surface area contributed by atoms with Crippen LogP contribution >= 0.6 is 0 Å². The van der Waals surface area contributed by atoms with E-state index >= 15 is 0 Å². The van der Waals surface area contributed by atoms with Crippen LogP contribution < -0.4 is 10.2 Å². The summed E-state index contributed by atoms with van der Waals surface area (Å²) < 4.78 is 7.61. The summed E-state index contributed by atoms with van der Waals surface area (Å²) in [6, 6.07) is 24.0. The molecule has 0 saturated heterocycles. The fourth-order valence-electron chi connectivity index (χ4n) is 3.38. The first kappa shape index (κ1) is 18.7. The Morgan fingerprint density at radius 3 is 2.58 bits per heavy atom. The predicted molar refractivity (Wildman–Crippen MR) is 120 cm³/mol. The summed E-state index contributed by atoms with van der Waals surface area (Å²) in [6.45, 7) is 0.328. The van der Waals surface area contributed by atoms with Crippen molar-refractivity contribution in [1.82, 2.24) is 14.5 Å². The number of ether oxygens (including phenoxy) is 1. The van der Waals surface area contributed by atoms with Crippen molar-refractivity contribution >= 4 is 11.0 Å². The van der Waals surface area contributed by atoms with Gasteiger partial charge < -0.3 is 19.4 Å². The van der Waals surface area contributed by atoms with Gasteiger partial charge in [-0.05, 0) is 48.0 Å². The Kier molecular flexibility index (Phi) is 4.72.